The standard InChI is InChI=1S/C23H28N2O2/c1-3-15-25(16-4-2)19-23(26)24-21-13-8-14-22(18-21)27-17-9-12-20-10-6-5-7-11-20/h3-8,10-11,13-14,18H,1-2,9,12,15-17,19H2,(H,24,26). The molecule has 0 radical (unpaired) electrons. The number of hydrogen-bond acceptors (Lipinski definition) is 3. The molecule has 0 bridgehead atoms. The van der Waals surface area contributed by atoms with Gasteiger partial charge in [0.1, 0.15) is 5.75 Å². The number of carbonyl (C=O) groups excluding carboxylic acids is 1. The predicted molar refractivity (Wildman–Crippen MR) is 112 cm³/mol. The van der Waals surface area contributed by atoms with E-state index in [1.165, 1.54) is 5.56 Å². The van der Waals surface area contributed by atoms with Gasteiger partial charge in [-0.1, -0.05) is 48.6 Å². The van der Waals surface area contributed by atoms with Gasteiger partial charge in [0.15, 0.2) is 0 Å². The zero-order valence-electron chi connectivity index (χ0n) is 15.8. The molecule has 0 atom stereocenters. The second-order valence-electron chi connectivity index (χ2n) is 6.29. The van der Waals surface area contributed by atoms with Crippen LogP contribution >= 0.6 is 0 Å². The molecule has 27 heavy (non-hydrogen) atoms. The predicted octanol–water partition coefficient (Wildman–Crippen LogP) is 4.31. The summed E-state index contributed by atoms with van der Waals surface area (Å²) in [6, 6.07) is 17.9. The van der Waals surface area contributed by atoms with Gasteiger partial charge in [0.2, 0.25) is 5.91 Å². The van der Waals surface area contributed by atoms with Crippen LogP contribution in [0.25, 0.3) is 0 Å². The molecule has 0 heterocycles. The number of rotatable bonds is 12. The second-order valence-corrected chi connectivity index (χ2v) is 6.29. The van der Waals surface area contributed by atoms with Crippen LogP contribution in [0.4, 0.5) is 5.69 Å². The van der Waals surface area contributed by atoms with Crippen molar-refractivity contribution in [3.05, 3.63) is 85.5 Å². The molecule has 0 aliphatic carbocycles. The average molecular weight is 364 g/mol. The maximum atomic E-state index is 12.2. The molecule has 1 amide bonds. The SMILES string of the molecule is C=CCN(CC=C)CC(=O)Nc1cccc(OCCCc2ccccc2)c1. The first-order valence-electron chi connectivity index (χ1n) is 9.22. The maximum absolute atomic E-state index is 12.2. The quantitative estimate of drug-likeness (QED) is 0.451. The molecule has 0 aliphatic rings. The van der Waals surface area contributed by atoms with Crippen LogP contribution in [0.1, 0.15) is 12.0 Å². The number of anilines is 1. The summed E-state index contributed by atoms with van der Waals surface area (Å²) in [7, 11) is 0. The third-order valence-corrected chi connectivity index (χ3v) is 3.98. The lowest BCUT2D eigenvalue weighted by atomic mass is 10.1. The van der Waals surface area contributed by atoms with Gasteiger partial charge in [0, 0.05) is 24.8 Å². The van der Waals surface area contributed by atoms with Gasteiger partial charge in [-0.25, -0.2) is 0 Å². The number of ether oxygens (including phenoxy) is 1. The Morgan fingerprint density at radius 3 is 2.48 bits per heavy atom. The normalized spacial score (nSPS) is 10.4. The smallest absolute Gasteiger partial charge is 0.238 e. The topological polar surface area (TPSA) is 41.6 Å². The fraction of sp³-hybridized carbons (Fsp3) is 0.261. The minimum absolute atomic E-state index is 0.0695. The van der Waals surface area contributed by atoms with Crippen molar-refractivity contribution in [2.45, 2.75) is 12.8 Å². The minimum atomic E-state index is -0.0695. The molecule has 0 aliphatic heterocycles. The molecular weight excluding hydrogens is 336 g/mol. The average Bonchev–Trinajstić information content (AvgIpc) is 2.67. The highest BCUT2D eigenvalue weighted by Crippen LogP contribution is 2.18. The Balaban J connectivity index is 1.79. The summed E-state index contributed by atoms with van der Waals surface area (Å²) >= 11 is 0. The van der Waals surface area contributed by atoms with Crippen molar-refractivity contribution in [1.82, 2.24) is 4.90 Å². The third-order valence-electron chi connectivity index (χ3n) is 3.98. The first-order valence-corrected chi connectivity index (χ1v) is 9.22. The van der Waals surface area contributed by atoms with E-state index in [0.717, 1.165) is 24.3 Å². The van der Waals surface area contributed by atoms with Crippen LogP contribution in [0.5, 0.6) is 5.75 Å². The summed E-state index contributed by atoms with van der Waals surface area (Å²) in [6.07, 6.45) is 5.49. The molecule has 0 unspecified atom stereocenters. The number of nitrogens with zero attached hydrogens (tertiary/aromatic N) is 1. The molecule has 0 fully saturated rings. The number of amides is 1. The van der Waals surface area contributed by atoms with Crippen molar-refractivity contribution in [3.63, 3.8) is 0 Å². The monoisotopic (exact) mass is 364 g/mol. The second kappa shape index (κ2) is 11.7. The van der Waals surface area contributed by atoms with Crippen molar-refractivity contribution < 1.29 is 9.53 Å². The molecule has 0 aromatic heterocycles. The number of aryl methyl sites for hydroxylation is 1. The Bertz CT molecular complexity index is 718. The van der Waals surface area contributed by atoms with Crippen LogP contribution in [0.3, 0.4) is 0 Å². The van der Waals surface area contributed by atoms with E-state index in [9.17, 15) is 4.79 Å². The highest BCUT2D eigenvalue weighted by atomic mass is 16.5. The first-order chi connectivity index (χ1) is 13.2. The van der Waals surface area contributed by atoms with E-state index in [1.807, 2.05) is 47.4 Å². The van der Waals surface area contributed by atoms with Crippen molar-refractivity contribution in [3.8, 4) is 5.75 Å². The van der Waals surface area contributed by atoms with Crippen molar-refractivity contribution in [1.29, 1.82) is 0 Å². The van der Waals surface area contributed by atoms with Crippen LogP contribution in [0, 0.1) is 0 Å². The first kappa shape index (κ1) is 20.5. The maximum Gasteiger partial charge on any atom is 0.238 e. The molecule has 4 nitrogen and oxygen atoms in total. The highest BCUT2D eigenvalue weighted by Gasteiger charge is 2.09. The molecule has 1 N–H and O–H groups in total. The van der Waals surface area contributed by atoms with Gasteiger partial charge in [-0.3, -0.25) is 9.69 Å². The van der Waals surface area contributed by atoms with E-state index >= 15 is 0 Å². The van der Waals surface area contributed by atoms with E-state index in [1.54, 1.807) is 12.2 Å². The van der Waals surface area contributed by atoms with Gasteiger partial charge < -0.3 is 10.1 Å². The summed E-state index contributed by atoms with van der Waals surface area (Å²) in [5, 5.41) is 2.92. The Morgan fingerprint density at radius 1 is 1.04 bits per heavy atom. The van der Waals surface area contributed by atoms with Crippen LogP contribution in [-0.4, -0.2) is 37.0 Å². The molecule has 0 spiro atoms. The largest absolute Gasteiger partial charge is 0.494 e. The fourth-order valence-corrected chi connectivity index (χ4v) is 2.75. The van der Waals surface area contributed by atoms with E-state index < -0.39 is 0 Å². The molecule has 142 valence electrons. The number of benzene rings is 2. The van der Waals surface area contributed by atoms with Crippen LogP contribution in [0.15, 0.2) is 79.9 Å². The Hall–Kier alpha value is -2.85. The summed E-state index contributed by atoms with van der Waals surface area (Å²) in [4.78, 5) is 14.2. The summed E-state index contributed by atoms with van der Waals surface area (Å²) in [5.74, 6) is 0.690. The van der Waals surface area contributed by atoms with Crippen molar-refractivity contribution in [2.24, 2.45) is 0 Å². The van der Waals surface area contributed by atoms with E-state index in [4.69, 9.17) is 4.74 Å². The molecule has 4 heteroatoms. The van der Waals surface area contributed by atoms with Gasteiger partial charge in [-0.2, -0.15) is 0 Å². The van der Waals surface area contributed by atoms with E-state index in [0.29, 0.717) is 26.2 Å². The Morgan fingerprint density at radius 2 is 1.78 bits per heavy atom. The van der Waals surface area contributed by atoms with E-state index in [-0.39, 0.29) is 5.91 Å². The van der Waals surface area contributed by atoms with Gasteiger partial charge in [0.25, 0.3) is 0 Å². The van der Waals surface area contributed by atoms with E-state index in [2.05, 4.69) is 30.6 Å². The summed E-state index contributed by atoms with van der Waals surface area (Å²) in [6.45, 7) is 9.65. The van der Waals surface area contributed by atoms with Gasteiger partial charge in [-0.05, 0) is 30.5 Å². The third kappa shape index (κ3) is 7.92. The van der Waals surface area contributed by atoms with Crippen LogP contribution in [0.2, 0.25) is 0 Å². The van der Waals surface area contributed by atoms with Gasteiger partial charge in [-0.15, -0.1) is 13.2 Å². The lowest BCUT2D eigenvalue weighted by molar-refractivity contribution is -0.117. The van der Waals surface area contributed by atoms with Crippen molar-refractivity contribution in [2.75, 3.05) is 31.6 Å². The molecule has 2 rings (SSSR count). The lowest BCUT2D eigenvalue weighted by Crippen LogP contribution is -2.33. The van der Waals surface area contributed by atoms with Gasteiger partial charge in [0.05, 0.1) is 13.2 Å². The van der Waals surface area contributed by atoms with Crippen molar-refractivity contribution >= 4 is 11.6 Å². The zero-order valence-corrected chi connectivity index (χ0v) is 15.8. The fourth-order valence-electron chi connectivity index (χ4n) is 2.75. The minimum Gasteiger partial charge on any atom is -0.494 e. The Kier molecular flexibility index (Phi) is 8.87. The van der Waals surface area contributed by atoms with Crippen LogP contribution < -0.4 is 10.1 Å². The molecular formula is C23H28N2O2. The molecule has 0 saturated heterocycles. The zero-order chi connectivity index (χ0) is 19.3. The molecule has 0 saturated carbocycles. The van der Waals surface area contributed by atoms with Crippen LogP contribution in [-0.2, 0) is 11.2 Å². The summed E-state index contributed by atoms with van der Waals surface area (Å²) < 4.78 is 5.82. The van der Waals surface area contributed by atoms with Gasteiger partial charge >= 0.3 is 0 Å². The Labute approximate surface area is 162 Å². The number of carbonyl (C=O) groups is 1. The summed E-state index contributed by atoms with van der Waals surface area (Å²) in [5.41, 5.74) is 2.04. The molecule has 2 aromatic carbocycles. The lowest BCUT2D eigenvalue weighted by Gasteiger charge is -2.18. The molecule has 2 aromatic rings. The number of nitrogens with one attached hydrogen (secondary N) is 1. The highest BCUT2D eigenvalue weighted by molar-refractivity contribution is 5.92. The number of hydrogen-bond donors (Lipinski definition) is 1.